The molecule has 0 radical (unpaired) electrons. The molecule has 1 aromatic carbocycles. The van der Waals surface area contributed by atoms with Gasteiger partial charge in [-0.1, -0.05) is 26.8 Å². The van der Waals surface area contributed by atoms with Crippen molar-refractivity contribution >= 4 is 17.4 Å². The van der Waals surface area contributed by atoms with Crippen LogP contribution in [0.15, 0.2) is 23.1 Å². The van der Waals surface area contributed by atoms with Crippen LogP contribution < -0.4 is 5.32 Å². The molecule has 0 aliphatic rings. The highest BCUT2D eigenvalue weighted by Crippen LogP contribution is 2.28. The van der Waals surface area contributed by atoms with E-state index in [1.165, 1.54) is 0 Å². The summed E-state index contributed by atoms with van der Waals surface area (Å²) in [5.74, 6) is 0.989. The number of nitrogens with zero attached hydrogens (tertiary/aromatic N) is 1. The molecule has 1 aromatic rings. The molecule has 2 nitrogen and oxygen atoms in total. The minimum absolute atomic E-state index is 0.448. The maximum absolute atomic E-state index is 9.28. The van der Waals surface area contributed by atoms with Gasteiger partial charge in [0, 0.05) is 10.9 Å². The van der Waals surface area contributed by atoms with Crippen LogP contribution >= 0.6 is 11.8 Å². The highest BCUT2D eigenvalue weighted by molar-refractivity contribution is 7.99. The Balaban J connectivity index is 2.99. The lowest BCUT2D eigenvalue weighted by molar-refractivity contribution is 0.671. The lowest BCUT2D eigenvalue weighted by atomic mass is 10.1. The number of benzene rings is 1. The quantitative estimate of drug-likeness (QED) is 0.764. The average molecular weight is 248 g/mol. The zero-order valence-electron chi connectivity index (χ0n) is 10.8. The number of thioether (sulfide) groups is 1. The van der Waals surface area contributed by atoms with E-state index in [-0.39, 0.29) is 0 Å². The van der Waals surface area contributed by atoms with Crippen LogP contribution in [0.1, 0.15) is 39.2 Å². The number of hydrogen-bond acceptors (Lipinski definition) is 3. The van der Waals surface area contributed by atoms with Gasteiger partial charge in [0.05, 0.1) is 11.3 Å². The Kier molecular flexibility index (Phi) is 5.93. The first-order chi connectivity index (χ1) is 8.26. The van der Waals surface area contributed by atoms with Crippen LogP contribution in [-0.4, -0.2) is 11.8 Å². The summed E-state index contributed by atoms with van der Waals surface area (Å²) in [6, 6.07) is 8.80. The zero-order chi connectivity index (χ0) is 12.7. The van der Waals surface area contributed by atoms with Gasteiger partial charge in [0.1, 0.15) is 6.07 Å². The average Bonchev–Trinajstić information content (AvgIpc) is 2.36. The van der Waals surface area contributed by atoms with Gasteiger partial charge in [-0.2, -0.15) is 5.26 Å². The standard InChI is InChI=1S/C14H20N2S/c1-4-11(5-2)16-13-8-7-9-14(17-6-3)12(13)10-15/h7-9,11,16H,4-6H2,1-3H3. The van der Waals surface area contributed by atoms with Crippen LogP contribution in [-0.2, 0) is 0 Å². The molecule has 3 heteroatoms. The van der Waals surface area contributed by atoms with E-state index in [1.54, 1.807) is 11.8 Å². The fourth-order valence-corrected chi connectivity index (χ4v) is 2.54. The van der Waals surface area contributed by atoms with E-state index in [4.69, 9.17) is 0 Å². The summed E-state index contributed by atoms with van der Waals surface area (Å²) in [5.41, 5.74) is 1.76. The van der Waals surface area contributed by atoms with Gasteiger partial charge in [-0.25, -0.2) is 0 Å². The largest absolute Gasteiger partial charge is 0.381 e. The monoisotopic (exact) mass is 248 g/mol. The molecule has 0 saturated carbocycles. The highest BCUT2D eigenvalue weighted by atomic mass is 32.2. The topological polar surface area (TPSA) is 35.8 Å². The van der Waals surface area contributed by atoms with Crippen molar-refractivity contribution in [3.05, 3.63) is 23.8 Å². The maximum Gasteiger partial charge on any atom is 0.102 e. The molecule has 0 spiro atoms. The second kappa shape index (κ2) is 7.24. The molecule has 0 fully saturated rings. The Bertz CT molecular complexity index is 392. The van der Waals surface area contributed by atoms with Crippen molar-refractivity contribution in [2.24, 2.45) is 0 Å². The molecule has 0 heterocycles. The second-order valence-corrected chi connectivity index (χ2v) is 5.19. The van der Waals surface area contributed by atoms with E-state index < -0.39 is 0 Å². The number of nitrogens with one attached hydrogen (secondary N) is 1. The van der Waals surface area contributed by atoms with Crippen molar-refractivity contribution in [2.75, 3.05) is 11.1 Å². The van der Waals surface area contributed by atoms with Gasteiger partial charge in [-0.15, -0.1) is 11.8 Å². The normalized spacial score (nSPS) is 10.3. The molecular formula is C14H20N2S. The van der Waals surface area contributed by atoms with E-state index in [1.807, 2.05) is 18.2 Å². The Labute approximate surface area is 108 Å². The van der Waals surface area contributed by atoms with Crippen LogP contribution in [0.2, 0.25) is 0 Å². The predicted molar refractivity (Wildman–Crippen MR) is 75.5 cm³/mol. The van der Waals surface area contributed by atoms with Crippen LogP contribution in [0.25, 0.3) is 0 Å². The van der Waals surface area contributed by atoms with Crippen LogP contribution in [0.5, 0.6) is 0 Å². The van der Waals surface area contributed by atoms with Crippen molar-refractivity contribution in [2.45, 2.75) is 44.6 Å². The summed E-state index contributed by atoms with van der Waals surface area (Å²) in [7, 11) is 0. The first-order valence-corrected chi connectivity index (χ1v) is 7.17. The molecule has 0 aromatic heterocycles. The number of nitriles is 1. The summed E-state index contributed by atoms with van der Waals surface area (Å²) in [6.45, 7) is 6.43. The molecule has 0 saturated heterocycles. The Morgan fingerprint density at radius 3 is 2.53 bits per heavy atom. The minimum atomic E-state index is 0.448. The molecule has 0 bridgehead atoms. The van der Waals surface area contributed by atoms with E-state index >= 15 is 0 Å². The van der Waals surface area contributed by atoms with E-state index in [0.717, 1.165) is 34.7 Å². The minimum Gasteiger partial charge on any atom is -0.381 e. The summed E-state index contributed by atoms with van der Waals surface area (Å²) < 4.78 is 0. The molecule has 17 heavy (non-hydrogen) atoms. The number of anilines is 1. The third-order valence-corrected chi connectivity index (χ3v) is 3.72. The summed E-state index contributed by atoms with van der Waals surface area (Å²) in [4.78, 5) is 1.07. The van der Waals surface area contributed by atoms with Crippen molar-refractivity contribution in [1.82, 2.24) is 0 Å². The Hall–Kier alpha value is -1.14. The molecule has 1 N–H and O–H groups in total. The van der Waals surface area contributed by atoms with Gasteiger partial charge < -0.3 is 5.32 Å². The molecule has 92 valence electrons. The Morgan fingerprint density at radius 1 is 1.29 bits per heavy atom. The molecule has 1 rings (SSSR count). The van der Waals surface area contributed by atoms with Crippen molar-refractivity contribution in [1.29, 1.82) is 5.26 Å². The van der Waals surface area contributed by atoms with Crippen LogP contribution in [0.3, 0.4) is 0 Å². The number of rotatable bonds is 6. The van der Waals surface area contributed by atoms with Crippen molar-refractivity contribution in [3.8, 4) is 6.07 Å². The summed E-state index contributed by atoms with van der Waals surface area (Å²) in [5, 5.41) is 12.7. The SMILES string of the molecule is CCSc1cccc(NC(CC)CC)c1C#N. The van der Waals surface area contributed by atoms with Gasteiger partial charge in [0.15, 0.2) is 0 Å². The summed E-state index contributed by atoms with van der Waals surface area (Å²) in [6.07, 6.45) is 2.15. The van der Waals surface area contributed by atoms with Crippen molar-refractivity contribution < 1.29 is 0 Å². The summed E-state index contributed by atoms with van der Waals surface area (Å²) >= 11 is 1.72. The van der Waals surface area contributed by atoms with E-state index in [2.05, 4.69) is 32.2 Å². The highest BCUT2D eigenvalue weighted by Gasteiger charge is 2.10. The molecule has 0 unspecified atom stereocenters. The third kappa shape index (κ3) is 3.67. The maximum atomic E-state index is 9.28. The van der Waals surface area contributed by atoms with Gasteiger partial charge in [0.2, 0.25) is 0 Å². The van der Waals surface area contributed by atoms with Gasteiger partial charge in [-0.3, -0.25) is 0 Å². The second-order valence-electron chi connectivity index (χ2n) is 3.88. The van der Waals surface area contributed by atoms with Crippen molar-refractivity contribution in [3.63, 3.8) is 0 Å². The van der Waals surface area contributed by atoms with E-state index in [9.17, 15) is 5.26 Å². The first-order valence-electron chi connectivity index (χ1n) is 6.19. The molecule has 0 atom stereocenters. The Morgan fingerprint density at radius 2 is 2.00 bits per heavy atom. The van der Waals surface area contributed by atoms with Gasteiger partial charge >= 0.3 is 0 Å². The molecule has 0 aliphatic heterocycles. The molecule has 0 aliphatic carbocycles. The van der Waals surface area contributed by atoms with Crippen LogP contribution in [0, 0.1) is 11.3 Å². The lowest BCUT2D eigenvalue weighted by Crippen LogP contribution is -2.17. The zero-order valence-corrected chi connectivity index (χ0v) is 11.6. The smallest absolute Gasteiger partial charge is 0.102 e. The predicted octanol–water partition coefficient (Wildman–Crippen LogP) is 4.27. The van der Waals surface area contributed by atoms with Gasteiger partial charge in [0.25, 0.3) is 0 Å². The van der Waals surface area contributed by atoms with Gasteiger partial charge in [-0.05, 0) is 30.7 Å². The van der Waals surface area contributed by atoms with E-state index in [0.29, 0.717) is 6.04 Å². The lowest BCUT2D eigenvalue weighted by Gasteiger charge is -2.18. The third-order valence-electron chi connectivity index (χ3n) is 2.78. The number of hydrogen-bond donors (Lipinski definition) is 1. The molecule has 0 amide bonds. The first kappa shape index (κ1) is 13.9. The van der Waals surface area contributed by atoms with Crippen LogP contribution in [0.4, 0.5) is 5.69 Å². The molecular weight excluding hydrogens is 228 g/mol. The fraction of sp³-hybridized carbons (Fsp3) is 0.500. The fourth-order valence-electron chi connectivity index (χ4n) is 1.76.